The fourth-order valence-electron chi connectivity index (χ4n) is 2.28. The van der Waals surface area contributed by atoms with Crippen molar-refractivity contribution in [1.82, 2.24) is 19.6 Å². The number of pyridine rings is 2. The number of hydrogen-bond acceptors (Lipinski definition) is 4. The first kappa shape index (κ1) is 12.5. The fraction of sp³-hybridized carbons (Fsp3) is 0. The number of para-hydroxylation sites is 1. The van der Waals surface area contributed by atoms with Crippen LogP contribution in [0.2, 0.25) is 0 Å². The van der Waals surface area contributed by atoms with Crippen LogP contribution in [-0.2, 0) is 0 Å². The highest BCUT2D eigenvalue weighted by Crippen LogP contribution is 2.13. The van der Waals surface area contributed by atoms with Gasteiger partial charge in [-0.1, -0.05) is 30.3 Å². The molecule has 0 aliphatic carbocycles. The molecule has 0 atom stereocenters. The fourth-order valence-corrected chi connectivity index (χ4v) is 2.28. The highest BCUT2D eigenvalue weighted by atomic mass is 16.2. The second-order valence-electron chi connectivity index (χ2n) is 4.80. The lowest BCUT2D eigenvalue weighted by molar-refractivity contribution is 0.102. The van der Waals surface area contributed by atoms with Gasteiger partial charge in [0.1, 0.15) is 5.69 Å². The van der Waals surface area contributed by atoms with Crippen LogP contribution in [-0.4, -0.2) is 25.5 Å². The van der Waals surface area contributed by atoms with Gasteiger partial charge in [-0.3, -0.25) is 14.5 Å². The number of hydrogen-bond donors (Lipinski definition) is 1. The summed E-state index contributed by atoms with van der Waals surface area (Å²) in [5.74, 6) is 0.0551. The van der Waals surface area contributed by atoms with Crippen LogP contribution in [0.25, 0.3) is 16.6 Å². The van der Waals surface area contributed by atoms with Crippen LogP contribution in [0.15, 0.2) is 60.8 Å². The summed E-state index contributed by atoms with van der Waals surface area (Å²) < 4.78 is 1.71. The maximum atomic E-state index is 12.3. The molecule has 0 bridgehead atoms. The Morgan fingerprint density at radius 3 is 2.77 bits per heavy atom. The second-order valence-corrected chi connectivity index (χ2v) is 4.80. The lowest BCUT2D eigenvalue weighted by atomic mass is 10.2. The molecular formula is C16H11N5O. The van der Waals surface area contributed by atoms with Crippen molar-refractivity contribution in [2.75, 3.05) is 5.32 Å². The predicted molar refractivity (Wildman–Crippen MR) is 82.7 cm³/mol. The van der Waals surface area contributed by atoms with E-state index in [1.807, 2.05) is 48.5 Å². The molecule has 0 saturated carbocycles. The molecule has 0 fully saturated rings. The summed E-state index contributed by atoms with van der Waals surface area (Å²) in [6.07, 6.45) is 1.79. The van der Waals surface area contributed by atoms with Crippen molar-refractivity contribution in [3.05, 3.63) is 66.5 Å². The minimum Gasteiger partial charge on any atom is -0.289 e. The summed E-state index contributed by atoms with van der Waals surface area (Å²) >= 11 is 0. The van der Waals surface area contributed by atoms with Crippen LogP contribution in [0.3, 0.4) is 0 Å². The van der Waals surface area contributed by atoms with E-state index < -0.39 is 0 Å². The van der Waals surface area contributed by atoms with Gasteiger partial charge in [-0.25, -0.2) is 4.98 Å². The number of nitrogens with zero attached hydrogens (tertiary/aromatic N) is 4. The van der Waals surface area contributed by atoms with Gasteiger partial charge in [0.25, 0.3) is 5.91 Å². The highest BCUT2D eigenvalue weighted by molar-refractivity contribution is 6.03. The quantitative estimate of drug-likeness (QED) is 0.615. The molecule has 0 saturated heterocycles. The first-order chi connectivity index (χ1) is 10.8. The Labute approximate surface area is 125 Å². The van der Waals surface area contributed by atoms with E-state index in [2.05, 4.69) is 20.5 Å². The molecule has 6 nitrogen and oxygen atoms in total. The number of nitrogens with one attached hydrogen (secondary N) is 1. The number of benzene rings is 1. The predicted octanol–water partition coefficient (Wildman–Crippen LogP) is 2.53. The van der Waals surface area contributed by atoms with E-state index in [9.17, 15) is 4.79 Å². The molecule has 3 aromatic heterocycles. The van der Waals surface area contributed by atoms with E-state index in [1.165, 1.54) is 0 Å². The van der Waals surface area contributed by atoms with Gasteiger partial charge in [0, 0.05) is 11.6 Å². The minimum atomic E-state index is -0.316. The van der Waals surface area contributed by atoms with Gasteiger partial charge >= 0.3 is 0 Å². The molecule has 4 rings (SSSR count). The Bertz CT molecular complexity index is 992. The van der Waals surface area contributed by atoms with E-state index in [0.717, 1.165) is 10.9 Å². The smallest absolute Gasteiger partial charge is 0.276 e. The molecule has 3 heterocycles. The zero-order chi connectivity index (χ0) is 14.9. The molecule has 1 aromatic carbocycles. The lowest BCUT2D eigenvalue weighted by Gasteiger charge is -2.04. The Balaban J connectivity index is 1.68. The van der Waals surface area contributed by atoms with E-state index in [-0.39, 0.29) is 5.91 Å². The van der Waals surface area contributed by atoms with Crippen LogP contribution in [0.1, 0.15) is 10.5 Å². The normalized spacial score (nSPS) is 10.9. The zero-order valence-electron chi connectivity index (χ0n) is 11.5. The maximum Gasteiger partial charge on any atom is 0.276 e. The largest absolute Gasteiger partial charge is 0.289 e. The Morgan fingerprint density at radius 1 is 0.955 bits per heavy atom. The molecule has 0 radical (unpaired) electrons. The van der Waals surface area contributed by atoms with Gasteiger partial charge in [-0.05, 0) is 24.3 Å². The molecule has 1 amide bonds. The van der Waals surface area contributed by atoms with Crippen molar-refractivity contribution < 1.29 is 4.79 Å². The summed E-state index contributed by atoms with van der Waals surface area (Å²) in [5.41, 5.74) is 1.79. The number of rotatable bonds is 2. The molecule has 0 aliphatic rings. The van der Waals surface area contributed by atoms with Gasteiger partial charge < -0.3 is 0 Å². The third-order valence-corrected chi connectivity index (χ3v) is 3.37. The van der Waals surface area contributed by atoms with Crippen LogP contribution in [0.5, 0.6) is 0 Å². The molecule has 0 unspecified atom stereocenters. The van der Waals surface area contributed by atoms with Gasteiger partial charge in [0.05, 0.1) is 5.52 Å². The summed E-state index contributed by atoms with van der Waals surface area (Å²) in [6, 6.07) is 16.8. The standard InChI is InChI=1S/C16H11N5O/c22-15(13-9-8-11-5-1-2-6-12(11)17-13)18-16-20-19-14-7-3-4-10-21(14)16/h1-10H,(H,18,20,22). The van der Waals surface area contributed by atoms with E-state index in [4.69, 9.17) is 0 Å². The summed E-state index contributed by atoms with van der Waals surface area (Å²) in [6.45, 7) is 0. The van der Waals surface area contributed by atoms with Crippen molar-refractivity contribution in [1.29, 1.82) is 0 Å². The van der Waals surface area contributed by atoms with Gasteiger partial charge in [-0.15, -0.1) is 10.2 Å². The molecule has 4 aromatic rings. The average Bonchev–Trinajstić information content (AvgIpc) is 2.97. The Hall–Kier alpha value is -3.28. The van der Waals surface area contributed by atoms with Gasteiger partial charge in [0.2, 0.25) is 5.95 Å². The Kier molecular flexibility index (Phi) is 2.79. The van der Waals surface area contributed by atoms with Crippen LogP contribution < -0.4 is 5.32 Å². The van der Waals surface area contributed by atoms with Gasteiger partial charge in [-0.2, -0.15) is 0 Å². The number of aromatic nitrogens is 4. The summed E-state index contributed by atoms with van der Waals surface area (Å²) in [7, 11) is 0. The highest BCUT2D eigenvalue weighted by Gasteiger charge is 2.12. The Morgan fingerprint density at radius 2 is 1.82 bits per heavy atom. The number of fused-ring (bicyclic) bond motifs is 2. The molecule has 6 heteroatoms. The number of amides is 1. The van der Waals surface area contributed by atoms with Crippen molar-refractivity contribution in [3.8, 4) is 0 Å². The van der Waals surface area contributed by atoms with E-state index in [1.54, 1.807) is 16.7 Å². The average molecular weight is 289 g/mol. The first-order valence-corrected chi connectivity index (χ1v) is 6.78. The topological polar surface area (TPSA) is 72.2 Å². The van der Waals surface area contributed by atoms with Crippen LogP contribution in [0.4, 0.5) is 5.95 Å². The molecule has 0 aliphatic heterocycles. The molecule has 22 heavy (non-hydrogen) atoms. The van der Waals surface area contributed by atoms with E-state index >= 15 is 0 Å². The van der Waals surface area contributed by atoms with Crippen molar-refractivity contribution in [2.45, 2.75) is 0 Å². The van der Waals surface area contributed by atoms with E-state index in [0.29, 0.717) is 17.3 Å². The maximum absolute atomic E-state index is 12.3. The SMILES string of the molecule is O=C(Nc1nnc2ccccn12)c1ccc2ccccc2n1. The second kappa shape index (κ2) is 4.92. The number of carbonyl (C=O) groups excluding carboxylic acids is 1. The first-order valence-electron chi connectivity index (χ1n) is 6.78. The third kappa shape index (κ3) is 2.07. The monoisotopic (exact) mass is 289 g/mol. The summed E-state index contributed by atoms with van der Waals surface area (Å²) in [4.78, 5) is 16.7. The number of carbonyl (C=O) groups is 1. The molecule has 0 spiro atoms. The van der Waals surface area contributed by atoms with Crippen LogP contribution in [0, 0.1) is 0 Å². The van der Waals surface area contributed by atoms with Gasteiger partial charge in [0.15, 0.2) is 5.65 Å². The van der Waals surface area contributed by atoms with Crippen molar-refractivity contribution in [2.24, 2.45) is 0 Å². The number of anilines is 1. The molecule has 1 N–H and O–H groups in total. The van der Waals surface area contributed by atoms with Crippen LogP contribution >= 0.6 is 0 Å². The molecular weight excluding hydrogens is 278 g/mol. The van der Waals surface area contributed by atoms with Crippen molar-refractivity contribution >= 4 is 28.4 Å². The zero-order valence-corrected chi connectivity index (χ0v) is 11.5. The third-order valence-electron chi connectivity index (χ3n) is 3.37. The molecule has 106 valence electrons. The van der Waals surface area contributed by atoms with Crippen molar-refractivity contribution in [3.63, 3.8) is 0 Å². The lowest BCUT2D eigenvalue weighted by Crippen LogP contribution is -2.15. The summed E-state index contributed by atoms with van der Waals surface area (Å²) in [5, 5.41) is 11.7. The minimum absolute atomic E-state index is 0.316.